The number of nitrogens with zero attached hydrogens (tertiary/aromatic N) is 4. The van der Waals surface area contributed by atoms with E-state index in [-0.39, 0.29) is 24.0 Å². The van der Waals surface area contributed by atoms with E-state index in [0.717, 1.165) is 30.9 Å². The zero-order valence-corrected chi connectivity index (χ0v) is 14.1. The van der Waals surface area contributed by atoms with Crippen molar-refractivity contribution in [1.29, 1.82) is 0 Å². The fourth-order valence-corrected chi connectivity index (χ4v) is 3.90. The molecule has 0 aliphatic carbocycles. The van der Waals surface area contributed by atoms with Gasteiger partial charge in [0.15, 0.2) is 5.82 Å². The van der Waals surface area contributed by atoms with Gasteiger partial charge >= 0.3 is 0 Å². The van der Waals surface area contributed by atoms with Gasteiger partial charge in [0, 0.05) is 38.8 Å². The van der Waals surface area contributed by atoms with E-state index in [1.165, 1.54) is 0 Å². The number of morpholine rings is 1. The summed E-state index contributed by atoms with van der Waals surface area (Å²) in [6.07, 6.45) is 1.72. The van der Waals surface area contributed by atoms with Crippen molar-refractivity contribution in [3.63, 3.8) is 0 Å². The molecule has 0 spiro atoms. The summed E-state index contributed by atoms with van der Waals surface area (Å²) >= 11 is 0. The highest BCUT2D eigenvalue weighted by Gasteiger charge is 2.43. The molecule has 4 rings (SSSR count). The molecule has 1 aromatic rings. The predicted octanol–water partition coefficient (Wildman–Crippen LogP) is 0.628. The number of likely N-dealkylation sites (tertiary alicyclic amines) is 1. The van der Waals surface area contributed by atoms with Gasteiger partial charge in [0.25, 0.3) is 0 Å². The Labute approximate surface area is 141 Å². The topological polar surface area (TPSA) is 67.8 Å². The Morgan fingerprint density at radius 3 is 2.75 bits per heavy atom. The molecule has 3 saturated heterocycles. The third-order valence-electron chi connectivity index (χ3n) is 5.26. The van der Waals surface area contributed by atoms with Gasteiger partial charge in [-0.1, -0.05) is 0 Å². The van der Waals surface area contributed by atoms with E-state index in [9.17, 15) is 4.79 Å². The number of hydrogen-bond acceptors (Lipinski definition) is 6. The van der Waals surface area contributed by atoms with Crippen molar-refractivity contribution in [2.45, 2.75) is 31.9 Å². The van der Waals surface area contributed by atoms with Gasteiger partial charge in [-0.2, -0.15) is 5.10 Å². The maximum Gasteiger partial charge on any atom is 0.226 e. The standard InChI is InChI=1S/C17H24N4O3/c1-12-2-3-16(19-18-12)21-6-9-24-15-11-20(10-14(15)21)17(22)13-4-7-23-8-5-13/h2-3,13-15H,4-11H2,1H3/t14-,15+/m1/s1. The van der Waals surface area contributed by atoms with E-state index in [1.54, 1.807) is 0 Å². The molecule has 0 unspecified atom stereocenters. The highest BCUT2D eigenvalue weighted by molar-refractivity contribution is 5.79. The molecule has 0 radical (unpaired) electrons. The minimum absolute atomic E-state index is 0.0608. The average molecular weight is 332 g/mol. The first-order valence-electron chi connectivity index (χ1n) is 8.77. The lowest BCUT2D eigenvalue weighted by Gasteiger charge is -2.37. The second-order valence-electron chi connectivity index (χ2n) is 6.83. The summed E-state index contributed by atoms with van der Waals surface area (Å²) < 4.78 is 11.3. The van der Waals surface area contributed by atoms with Gasteiger partial charge in [0.1, 0.15) is 0 Å². The number of aromatic nitrogens is 2. The molecule has 0 bridgehead atoms. The van der Waals surface area contributed by atoms with E-state index in [2.05, 4.69) is 15.1 Å². The van der Waals surface area contributed by atoms with Gasteiger partial charge in [0.05, 0.1) is 24.4 Å². The van der Waals surface area contributed by atoms with Crippen LogP contribution in [0.1, 0.15) is 18.5 Å². The quantitative estimate of drug-likeness (QED) is 0.791. The Morgan fingerprint density at radius 2 is 2.00 bits per heavy atom. The Kier molecular flexibility index (Phi) is 4.37. The Bertz CT molecular complexity index is 588. The van der Waals surface area contributed by atoms with Crippen LogP contribution in [0, 0.1) is 12.8 Å². The monoisotopic (exact) mass is 332 g/mol. The number of fused-ring (bicyclic) bond motifs is 1. The predicted molar refractivity (Wildman–Crippen MR) is 87.8 cm³/mol. The molecule has 0 aromatic carbocycles. The van der Waals surface area contributed by atoms with E-state index in [0.29, 0.717) is 32.9 Å². The Balaban J connectivity index is 1.47. The molecule has 3 fully saturated rings. The summed E-state index contributed by atoms with van der Waals surface area (Å²) in [4.78, 5) is 17.0. The van der Waals surface area contributed by atoms with Gasteiger partial charge in [-0.25, -0.2) is 0 Å². The van der Waals surface area contributed by atoms with Crippen molar-refractivity contribution in [3.05, 3.63) is 17.8 Å². The molecule has 0 saturated carbocycles. The van der Waals surface area contributed by atoms with Crippen LogP contribution in [0.15, 0.2) is 12.1 Å². The number of amides is 1. The summed E-state index contributed by atoms with van der Waals surface area (Å²) in [6.45, 7) is 6.15. The normalized spacial score (nSPS) is 28.0. The zero-order valence-electron chi connectivity index (χ0n) is 14.1. The SMILES string of the molecule is Cc1ccc(N2CCO[C@H]3CN(C(=O)C4CCOCC4)C[C@H]32)nn1. The number of rotatable bonds is 2. The number of ether oxygens (including phenoxy) is 2. The minimum Gasteiger partial charge on any atom is -0.381 e. The average Bonchev–Trinajstić information content (AvgIpc) is 3.07. The second kappa shape index (κ2) is 6.64. The van der Waals surface area contributed by atoms with Crippen LogP contribution >= 0.6 is 0 Å². The molecular weight excluding hydrogens is 308 g/mol. The van der Waals surface area contributed by atoms with Gasteiger partial charge < -0.3 is 19.3 Å². The van der Waals surface area contributed by atoms with Gasteiger partial charge in [-0.05, 0) is 31.9 Å². The van der Waals surface area contributed by atoms with Crippen molar-refractivity contribution >= 4 is 11.7 Å². The lowest BCUT2D eigenvalue weighted by atomic mass is 9.99. The van der Waals surface area contributed by atoms with Crippen molar-refractivity contribution in [2.75, 3.05) is 44.4 Å². The lowest BCUT2D eigenvalue weighted by molar-refractivity contribution is -0.137. The minimum atomic E-state index is 0.0608. The molecule has 2 atom stereocenters. The van der Waals surface area contributed by atoms with E-state index >= 15 is 0 Å². The molecule has 7 nitrogen and oxygen atoms in total. The maximum atomic E-state index is 12.8. The lowest BCUT2D eigenvalue weighted by Crippen LogP contribution is -2.51. The van der Waals surface area contributed by atoms with Crippen LogP contribution in [0.25, 0.3) is 0 Å². The van der Waals surface area contributed by atoms with Crippen molar-refractivity contribution < 1.29 is 14.3 Å². The summed E-state index contributed by atoms with van der Waals surface area (Å²) in [7, 11) is 0. The first-order chi connectivity index (χ1) is 11.7. The van der Waals surface area contributed by atoms with Crippen LogP contribution in [0.5, 0.6) is 0 Å². The van der Waals surface area contributed by atoms with Crippen LogP contribution < -0.4 is 4.90 Å². The van der Waals surface area contributed by atoms with E-state index in [4.69, 9.17) is 9.47 Å². The van der Waals surface area contributed by atoms with Crippen LogP contribution in [0.4, 0.5) is 5.82 Å². The molecule has 24 heavy (non-hydrogen) atoms. The van der Waals surface area contributed by atoms with Crippen molar-refractivity contribution in [3.8, 4) is 0 Å². The molecular formula is C17H24N4O3. The molecule has 4 heterocycles. The van der Waals surface area contributed by atoms with Crippen molar-refractivity contribution in [1.82, 2.24) is 15.1 Å². The molecule has 1 aromatic heterocycles. The van der Waals surface area contributed by atoms with Crippen LogP contribution in [0.3, 0.4) is 0 Å². The molecule has 3 aliphatic rings. The van der Waals surface area contributed by atoms with Crippen LogP contribution in [-0.2, 0) is 14.3 Å². The van der Waals surface area contributed by atoms with Gasteiger partial charge in [0.2, 0.25) is 5.91 Å². The van der Waals surface area contributed by atoms with Gasteiger partial charge in [-0.3, -0.25) is 4.79 Å². The molecule has 3 aliphatic heterocycles. The Morgan fingerprint density at radius 1 is 1.17 bits per heavy atom. The molecule has 7 heteroatoms. The highest BCUT2D eigenvalue weighted by Crippen LogP contribution is 2.29. The summed E-state index contributed by atoms with van der Waals surface area (Å²) in [5.74, 6) is 1.23. The summed E-state index contributed by atoms with van der Waals surface area (Å²) in [6, 6.07) is 4.15. The number of carbonyl (C=O) groups excluding carboxylic acids is 1. The fraction of sp³-hybridized carbons (Fsp3) is 0.706. The second-order valence-corrected chi connectivity index (χ2v) is 6.83. The number of aryl methyl sites for hydroxylation is 1. The maximum absolute atomic E-state index is 12.8. The molecule has 130 valence electrons. The first-order valence-corrected chi connectivity index (χ1v) is 8.77. The van der Waals surface area contributed by atoms with Crippen LogP contribution in [-0.4, -0.2) is 72.6 Å². The molecule has 1 amide bonds. The molecule has 0 N–H and O–H groups in total. The van der Waals surface area contributed by atoms with Crippen molar-refractivity contribution in [2.24, 2.45) is 5.92 Å². The van der Waals surface area contributed by atoms with E-state index < -0.39 is 0 Å². The van der Waals surface area contributed by atoms with Gasteiger partial charge in [-0.15, -0.1) is 5.10 Å². The third-order valence-corrected chi connectivity index (χ3v) is 5.26. The Hall–Kier alpha value is -1.73. The first kappa shape index (κ1) is 15.8. The third kappa shape index (κ3) is 2.98. The van der Waals surface area contributed by atoms with Crippen LogP contribution in [0.2, 0.25) is 0 Å². The highest BCUT2D eigenvalue weighted by atomic mass is 16.5. The largest absolute Gasteiger partial charge is 0.381 e. The smallest absolute Gasteiger partial charge is 0.226 e. The number of carbonyl (C=O) groups is 1. The zero-order chi connectivity index (χ0) is 16.5. The van der Waals surface area contributed by atoms with E-state index in [1.807, 2.05) is 24.0 Å². The number of hydrogen-bond donors (Lipinski definition) is 0. The number of anilines is 1. The summed E-state index contributed by atoms with van der Waals surface area (Å²) in [5, 5.41) is 8.49. The fourth-order valence-electron chi connectivity index (χ4n) is 3.90. The summed E-state index contributed by atoms with van der Waals surface area (Å²) in [5.41, 5.74) is 0.909.